The number of hydrogen-bond acceptors (Lipinski definition) is 6. The summed E-state index contributed by atoms with van der Waals surface area (Å²) in [4.78, 5) is 42.8. The number of H-pyrrole nitrogens is 2. The van der Waals surface area contributed by atoms with Crippen molar-refractivity contribution >= 4 is 23.2 Å². The van der Waals surface area contributed by atoms with Gasteiger partial charge in [-0.15, -0.1) is 0 Å². The maximum Gasteiger partial charge on any atom is 0.408 e. The third-order valence-electron chi connectivity index (χ3n) is 10.1. The summed E-state index contributed by atoms with van der Waals surface area (Å²) in [6.45, 7) is 6.65. The van der Waals surface area contributed by atoms with Crippen LogP contribution >= 0.6 is 0 Å². The van der Waals surface area contributed by atoms with Crippen molar-refractivity contribution in [2.45, 2.75) is 82.9 Å². The highest BCUT2D eigenvalue weighted by Crippen LogP contribution is 2.42. The minimum absolute atomic E-state index is 0.237. The molecule has 11 nitrogen and oxygen atoms in total. The number of alkyl carbamates (subject to hydrolysis) is 1. The minimum Gasteiger partial charge on any atom is -0.492 e. The fourth-order valence-electron chi connectivity index (χ4n) is 7.73. The van der Waals surface area contributed by atoms with Crippen LogP contribution in [-0.4, -0.2) is 60.9 Å². The second-order valence-corrected chi connectivity index (χ2v) is 14.7. The van der Waals surface area contributed by atoms with Gasteiger partial charge >= 0.3 is 12.2 Å². The first kappa shape index (κ1) is 31.9. The number of nitrogens with one attached hydrogen (secondary N) is 3. The molecule has 5 aromatic rings. The summed E-state index contributed by atoms with van der Waals surface area (Å²) in [6, 6.07) is 20.6. The number of benzene rings is 3. The van der Waals surface area contributed by atoms with E-state index >= 15 is 0 Å². The molecule has 2 aromatic heterocycles. The van der Waals surface area contributed by atoms with Crippen molar-refractivity contribution in [3.63, 3.8) is 0 Å². The van der Waals surface area contributed by atoms with E-state index in [1.165, 1.54) is 4.90 Å². The highest BCUT2D eigenvalue weighted by atomic mass is 16.6. The van der Waals surface area contributed by atoms with Gasteiger partial charge in [-0.3, -0.25) is 4.90 Å². The maximum atomic E-state index is 12.9. The summed E-state index contributed by atoms with van der Waals surface area (Å²) >= 11 is 0. The summed E-state index contributed by atoms with van der Waals surface area (Å²) < 4.78 is 11.9. The topological polar surface area (TPSA) is 145 Å². The van der Waals surface area contributed by atoms with Crippen LogP contribution in [0.5, 0.6) is 5.75 Å². The number of rotatable bonds is 5. The molecule has 258 valence electrons. The molecule has 1 saturated heterocycles. The molecule has 0 bridgehead atoms. The number of aromatic nitrogens is 4. The van der Waals surface area contributed by atoms with Crippen LogP contribution in [0.1, 0.15) is 82.7 Å². The predicted molar refractivity (Wildman–Crippen MR) is 190 cm³/mol. The van der Waals surface area contributed by atoms with Gasteiger partial charge in [0.05, 0.1) is 35.1 Å². The van der Waals surface area contributed by atoms with Crippen molar-refractivity contribution in [3.05, 3.63) is 78.0 Å². The Hall–Kier alpha value is -5.32. The van der Waals surface area contributed by atoms with Crippen LogP contribution in [0.4, 0.5) is 9.59 Å². The number of imidazole rings is 2. The number of aromatic amines is 2. The lowest BCUT2D eigenvalue weighted by atomic mass is 9.97. The SMILES string of the molecule is CC(C)(C)OC(=O)NC1(c2nc3c([nH]2)-c2ccc(-c4ccc(-c5ccc6nc(C7CCCN7C(=O)O)[nH]c6c5)cc4)cc2OCC3)CCCC1. The molecule has 1 unspecified atom stereocenters. The van der Waals surface area contributed by atoms with Gasteiger partial charge in [0.25, 0.3) is 0 Å². The van der Waals surface area contributed by atoms with E-state index in [0.29, 0.717) is 25.4 Å². The zero-order chi connectivity index (χ0) is 34.6. The Labute approximate surface area is 290 Å². The molecule has 4 heterocycles. The van der Waals surface area contributed by atoms with Crippen LogP contribution in [-0.2, 0) is 16.7 Å². The van der Waals surface area contributed by atoms with Gasteiger partial charge in [0.2, 0.25) is 0 Å². The summed E-state index contributed by atoms with van der Waals surface area (Å²) in [7, 11) is 0. The van der Waals surface area contributed by atoms with Crippen LogP contribution in [0.2, 0.25) is 0 Å². The molecule has 0 spiro atoms. The maximum absolute atomic E-state index is 12.9. The third-order valence-corrected chi connectivity index (χ3v) is 10.1. The molecule has 2 aliphatic heterocycles. The quantitative estimate of drug-likeness (QED) is 0.147. The number of fused-ring (bicyclic) bond motifs is 4. The molecule has 2 amide bonds. The van der Waals surface area contributed by atoms with Crippen molar-refractivity contribution in [3.8, 4) is 39.3 Å². The highest BCUT2D eigenvalue weighted by Gasteiger charge is 2.42. The Kier molecular flexibility index (Phi) is 7.80. The van der Waals surface area contributed by atoms with Crippen molar-refractivity contribution in [2.75, 3.05) is 13.2 Å². The third kappa shape index (κ3) is 5.94. The second kappa shape index (κ2) is 12.2. The summed E-state index contributed by atoms with van der Waals surface area (Å²) in [5, 5.41) is 12.8. The number of ether oxygens (including phenoxy) is 2. The normalized spacial score (nSPS) is 18.3. The number of nitrogens with zero attached hydrogens (tertiary/aromatic N) is 3. The minimum atomic E-state index is -0.906. The number of carbonyl (C=O) groups excluding carboxylic acids is 1. The molecular weight excluding hydrogens is 632 g/mol. The van der Waals surface area contributed by atoms with Gasteiger partial charge < -0.3 is 29.9 Å². The molecule has 1 aliphatic carbocycles. The lowest BCUT2D eigenvalue weighted by molar-refractivity contribution is 0.0448. The summed E-state index contributed by atoms with van der Waals surface area (Å²) in [6.07, 6.45) is 4.57. The van der Waals surface area contributed by atoms with Gasteiger partial charge in [-0.1, -0.05) is 49.2 Å². The van der Waals surface area contributed by atoms with Crippen LogP contribution < -0.4 is 10.1 Å². The van der Waals surface area contributed by atoms with E-state index in [1.54, 1.807) is 0 Å². The van der Waals surface area contributed by atoms with Crippen molar-refractivity contribution in [1.82, 2.24) is 30.2 Å². The average Bonchev–Trinajstić information content (AvgIpc) is 3.89. The van der Waals surface area contributed by atoms with Crippen molar-refractivity contribution < 1.29 is 24.2 Å². The van der Waals surface area contributed by atoms with E-state index in [1.807, 2.05) is 26.8 Å². The van der Waals surface area contributed by atoms with E-state index in [-0.39, 0.29) is 6.04 Å². The molecule has 3 aromatic carbocycles. The van der Waals surface area contributed by atoms with Gasteiger partial charge in [-0.25, -0.2) is 19.6 Å². The highest BCUT2D eigenvalue weighted by molar-refractivity contribution is 5.83. The Morgan fingerprint density at radius 2 is 1.64 bits per heavy atom. The van der Waals surface area contributed by atoms with E-state index in [4.69, 9.17) is 19.4 Å². The molecule has 1 atom stereocenters. The van der Waals surface area contributed by atoms with Gasteiger partial charge in [-0.05, 0) is 93.0 Å². The Bertz CT molecular complexity index is 2090. The Morgan fingerprint density at radius 3 is 2.36 bits per heavy atom. The lowest BCUT2D eigenvalue weighted by Gasteiger charge is -2.30. The second-order valence-electron chi connectivity index (χ2n) is 14.7. The Morgan fingerprint density at radius 1 is 0.940 bits per heavy atom. The first-order valence-electron chi connectivity index (χ1n) is 17.5. The smallest absolute Gasteiger partial charge is 0.408 e. The predicted octanol–water partition coefficient (Wildman–Crippen LogP) is 8.33. The van der Waals surface area contributed by atoms with E-state index in [2.05, 4.69) is 69.9 Å². The number of carboxylic acid groups (broad SMARTS) is 1. The van der Waals surface area contributed by atoms with Crippen molar-refractivity contribution in [1.29, 1.82) is 0 Å². The monoisotopic (exact) mass is 674 g/mol. The average molecular weight is 675 g/mol. The first-order chi connectivity index (χ1) is 24.0. The van der Waals surface area contributed by atoms with Crippen LogP contribution in [0.15, 0.2) is 60.7 Å². The molecule has 8 rings (SSSR count). The number of hydrogen-bond donors (Lipinski definition) is 4. The molecular formula is C39H42N6O5. The standard InChI is InChI=1S/C39H42N6O5/c1-38(2,3)50-36(46)44-39(17-4-5-18-39)35-42-29-16-20-49-32-22-26(12-14-27(32)33(29)43-35)24-10-8-23(9-11-24)25-13-15-28-30(21-25)41-34(40-28)31-7-6-19-45(31)37(47)48/h8-15,21-22,31H,4-7,16-20H2,1-3H3,(H,40,41)(H,42,43)(H,44,46)(H,47,48). The van der Waals surface area contributed by atoms with Crippen LogP contribution in [0, 0.1) is 0 Å². The molecule has 2 fully saturated rings. The van der Waals surface area contributed by atoms with Gasteiger partial charge in [0, 0.05) is 18.5 Å². The fraction of sp³-hybridized carbons (Fsp3) is 0.385. The molecule has 11 heteroatoms. The largest absolute Gasteiger partial charge is 0.492 e. The summed E-state index contributed by atoms with van der Waals surface area (Å²) in [5.74, 6) is 2.28. The molecule has 4 N–H and O–H groups in total. The zero-order valence-corrected chi connectivity index (χ0v) is 28.6. The fourth-order valence-corrected chi connectivity index (χ4v) is 7.73. The Balaban J connectivity index is 1.03. The molecule has 3 aliphatic rings. The number of likely N-dealkylation sites (tertiary alicyclic amines) is 1. The van der Waals surface area contributed by atoms with Gasteiger partial charge in [-0.2, -0.15) is 0 Å². The molecule has 50 heavy (non-hydrogen) atoms. The molecule has 1 saturated carbocycles. The van der Waals surface area contributed by atoms with E-state index < -0.39 is 23.3 Å². The van der Waals surface area contributed by atoms with Crippen LogP contribution in [0.25, 0.3) is 44.5 Å². The number of amides is 2. The van der Waals surface area contributed by atoms with E-state index in [0.717, 1.165) is 100 Å². The van der Waals surface area contributed by atoms with Crippen molar-refractivity contribution in [2.24, 2.45) is 0 Å². The molecule has 0 radical (unpaired) electrons. The van der Waals surface area contributed by atoms with E-state index in [9.17, 15) is 14.7 Å². The first-order valence-corrected chi connectivity index (χ1v) is 17.5. The van der Waals surface area contributed by atoms with Gasteiger partial charge in [0.15, 0.2) is 0 Å². The van der Waals surface area contributed by atoms with Crippen LogP contribution in [0.3, 0.4) is 0 Å². The summed E-state index contributed by atoms with van der Waals surface area (Å²) in [5.41, 5.74) is 7.63. The number of carbonyl (C=O) groups is 2. The zero-order valence-electron chi connectivity index (χ0n) is 28.6. The van der Waals surface area contributed by atoms with Gasteiger partial charge in [0.1, 0.15) is 28.5 Å². The lowest BCUT2D eigenvalue weighted by Crippen LogP contribution is -2.46.